The molecule has 0 unspecified atom stereocenters. The third kappa shape index (κ3) is 12.8. The number of halogens is 6. The minimum Gasteiger partial charge on any atom is -0.494 e. The minimum absolute atomic E-state index is 0.292. The summed E-state index contributed by atoms with van der Waals surface area (Å²) in [6, 6.07) is 32.8. The van der Waals surface area contributed by atoms with Gasteiger partial charge in [-0.15, -0.1) is 26.3 Å². The third-order valence-electron chi connectivity index (χ3n) is 9.08. The van der Waals surface area contributed by atoms with Crippen LogP contribution in [0.3, 0.4) is 0 Å². The largest absolute Gasteiger partial charge is 0.573 e. The van der Waals surface area contributed by atoms with E-state index in [-0.39, 0.29) is 11.5 Å². The summed E-state index contributed by atoms with van der Waals surface area (Å²) in [7, 11) is 3.19. The van der Waals surface area contributed by atoms with E-state index in [1.807, 2.05) is 71.8 Å². The van der Waals surface area contributed by atoms with Crippen molar-refractivity contribution in [2.24, 2.45) is 0 Å². The second-order valence-corrected chi connectivity index (χ2v) is 14.1. The molecule has 20 heteroatoms. The molecule has 4 aromatic carbocycles. The Morgan fingerprint density at radius 1 is 0.455 bits per heavy atom. The topological polar surface area (TPSA) is 146 Å². The first-order chi connectivity index (χ1) is 31.6. The molecular formula is C46H40F6N10O4. The van der Waals surface area contributed by atoms with Crippen molar-refractivity contribution >= 4 is 46.0 Å². The Kier molecular flexibility index (Phi) is 13.8. The molecule has 4 heterocycles. The lowest BCUT2D eigenvalue weighted by atomic mass is 10.2. The van der Waals surface area contributed by atoms with Crippen LogP contribution in [0, 0.1) is 13.8 Å². The summed E-state index contributed by atoms with van der Waals surface area (Å²) in [4.78, 5) is 17.4. The van der Waals surface area contributed by atoms with Crippen molar-refractivity contribution in [1.29, 1.82) is 0 Å². The fourth-order valence-corrected chi connectivity index (χ4v) is 6.29. The highest BCUT2D eigenvalue weighted by Gasteiger charge is 2.31. The zero-order valence-electron chi connectivity index (χ0n) is 35.4. The van der Waals surface area contributed by atoms with Crippen molar-refractivity contribution < 1.29 is 45.3 Å². The quantitative estimate of drug-likeness (QED) is 0.0770. The summed E-state index contributed by atoms with van der Waals surface area (Å²) in [6.07, 6.45) is -2.24. The molecule has 0 aliphatic carbocycles. The fourth-order valence-electron chi connectivity index (χ4n) is 6.29. The Hall–Kier alpha value is -8.42. The van der Waals surface area contributed by atoms with Gasteiger partial charge in [0.15, 0.2) is 0 Å². The number of rotatable bonds is 14. The van der Waals surface area contributed by atoms with Gasteiger partial charge >= 0.3 is 12.7 Å². The van der Waals surface area contributed by atoms with E-state index in [0.29, 0.717) is 46.1 Å². The van der Waals surface area contributed by atoms with Gasteiger partial charge in [-0.3, -0.25) is 0 Å². The maximum Gasteiger partial charge on any atom is 0.573 e. The SMILES string of the molecule is COc1cc(Nc2cccc(Nc3ccc(OC(F)(F)F)cc3)n2)ccc1-n1cnc(C)c1.COc1cc(Nc2cccc(Nc3cccc(OC(F)(F)F)c3)n2)ccc1-n1cnc(C)c1. The van der Waals surface area contributed by atoms with Gasteiger partial charge < -0.3 is 49.3 Å². The molecule has 0 atom stereocenters. The Labute approximate surface area is 373 Å². The number of aryl methyl sites for hydroxylation is 2. The van der Waals surface area contributed by atoms with Gasteiger partial charge in [0, 0.05) is 53.3 Å². The molecule has 4 N–H and O–H groups in total. The average molecular weight is 911 g/mol. The summed E-state index contributed by atoms with van der Waals surface area (Å²) in [6.45, 7) is 3.82. The lowest BCUT2D eigenvalue weighted by molar-refractivity contribution is -0.275. The van der Waals surface area contributed by atoms with E-state index < -0.39 is 12.7 Å². The first-order valence-corrected chi connectivity index (χ1v) is 19.7. The van der Waals surface area contributed by atoms with Crippen LogP contribution in [0.5, 0.6) is 23.0 Å². The number of alkyl halides is 6. The summed E-state index contributed by atoms with van der Waals surface area (Å²) in [5, 5.41) is 12.5. The molecule has 0 saturated heterocycles. The third-order valence-corrected chi connectivity index (χ3v) is 9.08. The summed E-state index contributed by atoms with van der Waals surface area (Å²) in [5.41, 5.74) is 5.97. The number of aromatic nitrogens is 6. The second-order valence-electron chi connectivity index (χ2n) is 14.1. The minimum atomic E-state index is -4.76. The van der Waals surface area contributed by atoms with Gasteiger partial charge in [-0.05, 0) is 98.8 Å². The summed E-state index contributed by atoms with van der Waals surface area (Å²) < 4.78 is 96.9. The lowest BCUT2D eigenvalue weighted by Gasteiger charge is -2.13. The van der Waals surface area contributed by atoms with Gasteiger partial charge in [-0.2, -0.15) is 0 Å². The number of pyridine rings is 2. The van der Waals surface area contributed by atoms with Crippen LogP contribution >= 0.6 is 0 Å². The Bertz CT molecular complexity index is 2890. The molecule has 4 aromatic heterocycles. The van der Waals surface area contributed by atoms with Crippen molar-refractivity contribution in [3.63, 3.8) is 0 Å². The number of nitrogens with one attached hydrogen (secondary N) is 4. The number of ether oxygens (including phenoxy) is 4. The van der Waals surface area contributed by atoms with E-state index in [2.05, 4.69) is 50.7 Å². The molecule has 8 aromatic rings. The predicted octanol–water partition coefficient (Wildman–Crippen LogP) is 11.9. The molecule has 0 radical (unpaired) electrons. The first-order valence-electron chi connectivity index (χ1n) is 19.7. The summed E-state index contributed by atoms with van der Waals surface area (Å²) >= 11 is 0. The van der Waals surface area contributed by atoms with Crippen LogP contribution in [-0.4, -0.2) is 56.0 Å². The molecule has 0 aliphatic heterocycles. The van der Waals surface area contributed by atoms with Gasteiger partial charge in [0.2, 0.25) is 0 Å². The predicted molar refractivity (Wildman–Crippen MR) is 238 cm³/mol. The lowest BCUT2D eigenvalue weighted by Crippen LogP contribution is -2.17. The van der Waals surface area contributed by atoms with E-state index >= 15 is 0 Å². The highest BCUT2D eigenvalue weighted by Crippen LogP contribution is 2.32. The van der Waals surface area contributed by atoms with Crippen LogP contribution in [0.25, 0.3) is 11.4 Å². The van der Waals surface area contributed by atoms with Crippen molar-refractivity contribution in [3.05, 3.63) is 158 Å². The van der Waals surface area contributed by atoms with Crippen molar-refractivity contribution in [2.75, 3.05) is 35.5 Å². The van der Waals surface area contributed by atoms with E-state index in [1.165, 1.54) is 42.5 Å². The Balaban J connectivity index is 0.000000196. The van der Waals surface area contributed by atoms with Crippen molar-refractivity contribution in [3.8, 4) is 34.4 Å². The number of benzene rings is 4. The van der Waals surface area contributed by atoms with Crippen LogP contribution in [-0.2, 0) is 0 Å². The smallest absolute Gasteiger partial charge is 0.494 e. The average Bonchev–Trinajstić information content (AvgIpc) is 3.91. The fraction of sp³-hybridized carbons (Fsp3) is 0.130. The number of nitrogens with zero attached hydrogens (tertiary/aromatic N) is 6. The zero-order chi connectivity index (χ0) is 46.8. The molecular weight excluding hydrogens is 871 g/mol. The number of anilines is 8. The van der Waals surface area contributed by atoms with Crippen molar-refractivity contribution in [2.45, 2.75) is 26.6 Å². The van der Waals surface area contributed by atoms with Crippen LogP contribution < -0.4 is 40.2 Å². The van der Waals surface area contributed by atoms with Crippen LogP contribution in [0.4, 0.5) is 72.4 Å². The standard InChI is InChI=1S/2C23H20F3N5O2/c1-15-13-31(14-27-15)19-10-9-17(12-20(19)32-2)29-22-8-4-7-21(30-22)28-16-5-3-6-18(11-16)33-23(24,25)26;1-15-13-31(14-27-15)19-11-8-17(12-20(19)32-2)29-22-5-3-4-21(30-22)28-16-6-9-18(10-7-16)33-23(24,25)26/h2*3-14H,1-2H3,(H2,28,29,30). The molecule has 66 heavy (non-hydrogen) atoms. The van der Waals surface area contributed by atoms with Crippen molar-refractivity contribution in [1.82, 2.24) is 29.1 Å². The van der Waals surface area contributed by atoms with Gasteiger partial charge in [-0.1, -0.05) is 18.2 Å². The maximum atomic E-state index is 12.5. The number of hydrogen-bond donors (Lipinski definition) is 4. The maximum absolute atomic E-state index is 12.5. The normalized spacial score (nSPS) is 11.2. The number of methoxy groups -OCH3 is 2. The summed E-state index contributed by atoms with van der Waals surface area (Å²) in [5.74, 6) is 2.77. The van der Waals surface area contributed by atoms with Crippen LogP contribution in [0.15, 0.2) is 146 Å². The molecule has 0 aliphatic rings. The van der Waals surface area contributed by atoms with Gasteiger partial charge in [0.05, 0.1) is 49.6 Å². The molecule has 0 fully saturated rings. The van der Waals surface area contributed by atoms with E-state index in [9.17, 15) is 26.3 Å². The highest BCUT2D eigenvalue weighted by atomic mass is 19.4. The molecule has 340 valence electrons. The van der Waals surface area contributed by atoms with Gasteiger partial charge in [0.25, 0.3) is 0 Å². The Morgan fingerprint density at radius 2 is 0.848 bits per heavy atom. The monoisotopic (exact) mass is 910 g/mol. The molecule has 0 spiro atoms. The van der Waals surface area contributed by atoms with Gasteiger partial charge in [0.1, 0.15) is 46.3 Å². The first kappa shape index (κ1) is 45.6. The van der Waals surface area contributed by atoms with E-state index in [0.717, 1.165) is 34.1 Å². The van der Waals surface area contributed by atoms with E-state index in [4.69, 9.17) is 9.47 Å². The molecule has 0 amide bonds. The molecule has 0 bridgehead atoms. The molecule has 0 saturated carbocycles. The second kappa shape index (κ2) is 20.0. The highest BCUT2D eigenvalue weighted by molar-refractivity contribution is 5.67. The number of imidazole rings is 2. The van der Waals surface area contributed by atoms with Crippen LogP contribution in [0.2, 0.25) is 0 Å². The van der Waals surface area contributed by atoms with Crippen LogP contribution in [0.1, 0.15) is 11.4 Å². The molecule has 8 rings (SSSR count). The van der Waals surface area contributed by atoms with Gasteiger partial charge in [-0.25, -0.2) is 19.9 Å². The zero-order valence-corrected chi connectivity index (χ0v) is 35.4. The number of hydrogen-bond acceptors (Lipinski definition) is 12. The Morgan fingerprint density at radius 3 is 1.26 bits per heavy atom. The van der Waals surface area contributed by atoms with E-state index in [1.54, 1.807) is 69.3 Å². The molecule has 14 nitrogen and oxygen atoms in total.